The van der Waals surface area contributed by atoms with Crippen molar-refractivity contribution in [2.45, 2.75) is 32.9 Å². The van der Waals surface area contributed by atoms with Crippen molar-refractivity contribution in [3.63, 3.8) is 0 Å². The Morgan fingerprint density at radius 1 is 0.579 bits per heavy atom. The third kappa shape index (κ3) is 4.60. The molecule has 0 aliphatic heterocycles. The Morgan fingerprint density at radius 3 is 1.55 bits per heavy atom. The maximum absolute atomic E-state index is 13.8. The van der Waals surface area contributed by atoms with E-state index in [0.29, 0.717) is 22.3 Å². The smallest absolute Gasteiger partial charge is 0.195 e. The number of pyridine rings is 1. The first-order chi connectivity index (χ1) is 18.6. The molecule has 6 rings (SSSR count). The van der Waals surface area contributed by atoms with Gasteiger partial charge in [-0.25, -0.2) is 0 Å². The van der Waals surface area contributed by atoms with Crippen molar-refractivity contribution in [2.75, 3.05) is 0 Å². The standard InChI is InChI=1S/C33H23NO2S2/c1-2-21-9-13-24(14-10-21)37-28-7-3-5-26-30(28)32(35)27-6-4-8-29(31(27)33(26)36)38-25-15-11-22(12-16-25)23-17-19-34-20-18-23/h3-20H,2H2,1H3. The summed E-state index contributed by atoms with van der Waals surface area (Å²) in [6.45, 7) is 2.13. The predicted molar refractivity (Wildman–Crippen MR) is 153 cm³/mol. The minimum Gasteiger partial charge on any atom is -0.289 e. The van der Waals surface area contributed by atoms with E-state index in [1.807, 2.05) is 48.5 Å². The molecule has 0 N–H and O–H groups in total. The number of carbonyl (C=O) groups is 2. The van der Waals surface area contributed by atoms with E-state index in [9.17, 15) is 9.59 Å². The Morgan fingerprint density at radius 2 is 1.05 bits per heavy atom. The molecule has 4 aromatic carbocycles. The van der Waals surface area contributed by atoms with Crippen LogP contribution in [0.1, 0.15) is 44.3 Å². The van der Waals surface area contributed by atoms with Crippen molar-refractivity contribution in [1.29, 1.82) is 0 Å². The number of ketones is 2. The Balaban J connectivity index is 1.32. The first-order valence-electron chi connectivity index (χ1n) is 12.4. The molecule has 0 bridgehead atoms. The molecule has 1 aliphatic carbocycles. The Bertz CT molecular complexity index is 1660. The van der Waals surface area contributed by atoms with Crippen LogP contribution in [0.2, 0.25) is 0 Å². The van der Waals surface area contributed by atoms with E-state index in [-0.39, 0.29) is 11.6 Å². The minimum absolute atomic E-state index is 0.0987. The van der Waals surface area contributed by atoms with Crippen molar-refractivity contribution in [3.8, 4) is 11.1 Å². The van der Waals surface area contributed by atoms with E-state index in [2.05, 4.69) is 48.3 Å². The SMILES string of the molecule is CCc1ccc(Sc2cccc3c2C(=O)c2cccc(Sc4ccc(-c5ccncc5)cc4)c2C3=O)cc1. The van der Waals surface area contributed by atoms with Gasteiger partial charge < -0.3 is 0 Å². The summed E-state index contributed by atoms with van der Waals surface area (Å²) in [6, 6.07) is 31.6. The summed E-state index contributed by atoms with van der Waals surface area (Å²) in [5, 5.41) is 0. The molecule has 5 heteroatoms. The van der Waals surface area contributed by atoms with E-state index in [1.165, 1.54) is 29.1 Å². The average molecular weight is 530 g/mol. The molecule has 0 fully saturated rings. The van der Waals surface area contributed by atoms with Gasteiger partial charge in [-0.2, -0.15) is 0 Å². The molecule has 184 valence electrons. The van der Waals surface area contributed by atoms with Crippen molar-refractivity contribution in [3.05, 3.63) is 137 Å². The quantitative estimate of drug-likeness (QED) is 0.217. The van der Waals surface area contributed by atoms with Gasteiger partial charge in [0.15, 0.2) is 11.6 Å². The fourth-order valence-corrected chi connectivity index (χ4v) is 6.61. The number of aromatic nitrogens is 1. The molecule has 5 aromatic rings. The number of hydrogen-bond donors (Lipinski definition) is 0. The maximum atomic E-state index is 13.8. The summed E-state index contributed by atoms with van der Waals surface area (Å²) < 4.78 is 0. The molecule has 0 unspecified atom stereocenters. The van der Waals surface area contributed by atoms with Gasteiger partial charge >= 0.3 is 0 Å². The molecule has 0 saturated heterocycles. The van der Waals surface area contributed by atoms with E-state index < -0.39 is 0 Å². The highest BCUT2D eigenvalue weighted by molar-refractivity contribution is 7.99. The van der Waals surface area contributed by atoms with Crippen LogP contribution < -0.4 is 0 Å². The highest BCUT2D eigenvalue weighted by Gasteiger charge is 2.33. The lowest BCUT2D eigenvalue weighted by atomic mass is 9.84. The summed E-state index contributed by atoms with van der Waals surface area (Å²) in [5.74, 6) is -0.201. The second-order valence-electron chi connectivity index (χ2n) is 8.98. The van der Waals surface area contributed by atoms with Crippen molar-refractivity contribution in [2.24, 2.45) is 0 Å². The monoisotopic (exact) mass is 529 g/mol. The first kappa shape index (κ1) is 24.4. The van der Waals surface area contributed by atoms with Gasteiger partial charge in [0, 0.05) is 54.2 Å². The van der Waals surface area contributed by atoms with E-state index >= 15 is 0 Å². The number of rotatable bonds is 6. The molecule has 1 heterocycles. The van der Waals surface area contributed by atoms with Crippen LogP contribution in [-0.4, -0.2) is 16.6 Å². The lowest BCUT2D eigenvalue weighted by molar-refractivity contribution is 0.0974. The third-order valence-corrected chi connectivity index (χ3v) is 8.79. The number of aryl methyl sites for hydroxylation is 1. The molecule has 0 radical (unpaired) electrons. The highest BCUT2D eigenvalue weighted by atomic mass is 32.2. The Kier molecular flexibility index (Phi) is 6.71. The van der Waals surface area contributed by atoms with Crippen molar-refractivity contribution in [1.82, 2.24) is 4.98 Å². The topological polar surface area (TPSA) is 47.0 Å². The van der Waals surface area contributed by atoms with Gasteiger partial charge in [-0.1, -0.05) is 79.0 Å². The van der Waals surface area contributed by atoms with Gasteiger partial charge in [-0.15, -0.1) is 0 Å². The normalized spacial score (nSPS) is 12.2. The van der Waals surface area contributed by atoms with Gasteiger partial charge in [0.2, 0.25) is 0 Å². The van der Waals surface area contributed by atoms with Crippen LogP contribution in [0.15, 0.2) is 129 Å². The van der Waals surface area contributed by atoms with Crippen LogP contribution in [0.5, 0.6) is 0 Å². The fraction of sp³-hybridized carbons (Fsp3) is 0.0606. The average Bonchev–Trinajstić information content (AvgIpc) is 2.97. The second kappa shape index (κ2) is 10.4. The minimum atomic E-state index is -0.102. The van der Waals surface area contributed by atoms with Crippen LogP contribution in [0, 0.1) is 0 Å². The number of carbonyl (C=O) groups excluding carboxylic acids is 2. The summed E-state index contributed by atoms with van der Waals surface area (Å²) in [4.78, 5) is 35.3. The molecule has 3 nitrogen and oxygen atoms in total. The summed E-state index contributed by atoms with van der Waals surface area (Å²) >= 11 is 3.03. The molecular weight excluding hydrogens is 507 g/mol. The molecular formula is C33H23NO2S2. The van der Waals surface area contributed by atoms with Gasteiger partial charge in [0.1, 0.15) is 0 Å². The van der Waals surface area contributed by atoms with Gasteiger partial charge in [-0.05, 0) is 71.6 Å². The summed E-state index contributed by atoms with van der Waals surface area (Å²) in [7, 11) is 0. The van der Waals surface area contributed by atoms with Crippen LogP contribution in [-0.2, 0) is 6.42 Å². The third-order valence-electron chi connectivity index (χ3n) is 6.65. The Labute approximate surface area is 230 Å². The summed E-state index contributed by atoms with van der Waals surface area (Å²) in [5.41, 5.74) is 5.39. The fourth-order valence-electron chi connectivity index (χ4n) is 4.66. The van der Waals surface area contributed by atoms with Gasteiger partial charge in [-0.3, -0.25) is 14.6 Å². The predicted octanol–water partition coefficient (Wildman–Crippen LogP) is 8.39. The molecule has 0 saturated carbocycles. The van der Waals surface area contributed by atoms with Crippen LogP contribution >= 0.6 is 23.5 Å². The lowest BCUT2D eigenvalue weighted by Gasteiger charge is -2.22. The molecule has 0 atom stereocenters. The molecule has 0 amide bonds. The zero-order valence-electron chi connectivity index (χ0n) is 20.7. The number of benzene rings is 4. The second-order valence-corrected chi connectivity index (χ2v) is 11.2. The molecule has 1 aliphatic rings. The van der Waals surface area contributed by atoms with E-state index in [1.54, 1.807) is 24.5 Å². The highest BCUT2D eigenvalue weighted by Crippen LogP contribution is 2.41. The molecule has 0 spiro atoms. The van der Waals surface area contributed by atoms with Gasteiger partial charge in [0.05, 0.1) is 0 Å². The number of fused-ring (bicyclic) bond motifs is 2. The van der Waals surface area contributed by atoms with Crippen molar-refractivity contribution >= 4 is 35.1 Å². The zero-order valence-corrected chi connectivity index (χ0v) is 22.3. The van der Waals surface area contributed by atoms with Crippen LogP contribution in [0.25, 0.3) is 11.1 Å². The Hall–Kier alpha value is -3.93. The largest absolute Gasteiger partial charge is 0.289 e. The van der Waals surface area contributed by atoms with Gasteiger partial charge in [0.25, 0.3) is 0 Å². The van der Waals surface area contributed by atoms with Crippen molar-refractivity contribution < 1.29 is 9.59 Å². The maximum Gasteiger partial charge on any atom is 0.195 e. The molecule has 38 heavy (non-hydrogen) atoms. The zero-order chi connectivity index (χ0) is 26.1. The van der Waals surface area contributed by atoms with E-state index in [4.69, 9.17) is 0 Å². The van der Waals surface area contributed by atoms with Crippen LogP contribution in [0.4, 0.5) is 0 Å². The van der Waals surface area contributed by atoms with Crippen LogP contribution in [0.3, 0.4) is 0 Å². The first-order valence-corrected chi connectivity index (χ1v) is 14.1. The lowest BCUT2D eigenvalue weighted by Crippen LogP contribution is -2.22. The molecule has 1 aromatic heterocycles. The van der Waals surface area contributed by atoms with E-state index in [0.717, 1.165) is 37.1 Å². The number of nitrogens with zero attached hydrogens (tertiary/aromatic N) is 1. The number of hydrogen-bond acceptors (Lipinski definition) is 5. The summed E-state index contributed by atoms with van der Waals surface area (Å²) in [6.07, 6.45) is 4.53.